The molecule has 0 unspecified atom stereocenters. The number of hydrogen-bond donors (Lipinski definition) is 3. The van der Waals surface area contributed by atoms with E-state index in [1.807, 2.05) is 61.5 Å². The molecule has 12 nitrogen and oxygen atoms in total. The number of rotatable bonds is 10. The van der Waals surface area contributed by atoms with Gasteiger partial charge in [0, 0.05) is 42.6 Å². The van der Waals surface area contributed by atoms with E-state index in [-0.39, 0.29) is 24.0 Å². The van der Waals surface area contributed by atoms with Crippen LogP contribution in [-0.2, 0) is 16.0 Å². The maximum absolute atomic E-state index is 11.7. The summed E-state index contributed by atoms with van der Waals surface area (Å²) in [5.41, 5.74) is 6.09. The second-order valence-electron chi connectivity index (χ2n) is 12.7. The molecule has 2 aromatic heterocycles. The van der Waals surface area contributed by atoms with E-state index in [0.29, 0.717) is 30.9 Å². The Balaban J connectivity index is 0.000000193. The molecular weight excluding hydrogens is 708 g/mol. The molecular formula is C41H43ClN6O6. The molecule has 0 bridgehead atoms. The molecule has 7 rings (SSSR count). The van der Waals surface area contributed by atoms with Crippen molar-refractivity contribution in [2.45, 2.75) is 32.5 Å². The van der Waals surface area contributed by atoms with E-state index in [0.717, 1.165) is 69.3 Å². The van der Waals surface area contributed by atoms with Crippen molar-refractivity contribution in [2.75, 3.05) is 61.4 Å². The second kappa shape index (κ2) is 17.7. The molecule has 0 amide bonds. The predicted molar refractivity (Wildman–Crippen MR) is 210 cm³/mol. The zero-order valence-corrected chi connectivity index (χ0v) is 31.4. The number of anilines is 4. The molecule has 0 spiro atoms. The first-order valence-corrected chi connectivity index (χ1v) is 18.0. The Morgan fingerprint density at radius 2 is 1.37 bits per heavy atom. The van der Waals surface area contributed by atoms with Crippen molar-refractivity contribution in [1.29, 1.82) is 0 Å². The Labute approximate surface area is 319 Å². The fourth-order valence-electron chi connectivity index (χ4n) is 6.17. The molecule has 0 fully saturated rings. The molecule has 2 atom stereocenters. The van der Waals surface area contributed by atoms with Crippen molar-refractivity contribution < 1.29 is 28.5 Å². The first kappa shape index (κ1) is 37.7. The zero-order chi connectivity index (χ0) is 38.0. The van der Waals surface area contributed by atoms with Crippen LogP contribution in [-0.4, -0.2) is 62.4 Å². The molecule has 0 aliphatic carbocycles. The van der Waals surface area contributed by atoms with Crippen LogP contribution in [0.15, 0.2) is 97.3 Å². The van der Waals surface area contributed by atoms with E-state index < -0.39 is 0 Å². The highest BCUT2D eigenvalue weighted by atomic mass is 35.5. The molecule has 2 aliphatic rings. The summed E-state index contributed by atoms with van der Waals surface area (Å²) in [7, 11) is 2.75. The number of halogens is 1. The molecule has 4 heterocycles. The van der Waals surface area contributed by atoms with Crippen molar-refractivity contribution in [2.24, 2.45) is 0 Å². The monoisotopic (exact) mass is 750 g/mol. The van der Waals surface area contributed by atoms with Crippen molar-refractivity contribution in [3.05, 3.63) is 130 Å². The smallest absolute Gasteiger partial charge is 0.337 e. The number of nitrogens with zero attached hydrogens (tertiary/aromatic N) is 3. The summed E-state index contributed by atoms with van der Waals surface area (Å²) in [6, 6.07) is 26.3. The predicted octanol–water partition coefficient (Wildman–Crippen LogP) is 7.94. The highest BCUT2D eigenvalue weighted by Gasteiger charge is 2.24. The van der Waals surface area contributed by atoms with Gasteiger partial charge in [0.2, 0.25) is 0 Å². The average Bonchev–Trinajstić information content (AvgIpc) is 3.21. The van der Waals surface area contributed by atoms with E-state index in [1.165, 1.54) is 14.2 Å². The Morgan fingerprint density at radius 3 is 1.98 bits per heavy atom. The van der Waals surface area contributed by atoms with E-state index in [4.69, 9.17) is 30.5 Å². The first-order valence-electron chi connectivity index (χ1n) is 17.6. The quantitative estimate of drug-likeness (QED) is 0.120. The average molecular weight is 751 g/mol. The van der Waals surface area contributed by atoms with Gasteiger partial charge in [-0.2, -0.15) is 0 Å². The van der Waals surface area contributed by atoms with Crippen molar-refractivity contribution in [3.8, 4) is 11.5 Å². The van der Waals surface area contributed by atoms with E-state index in [9.17, 15) is 9.59 Å². The minimum Gasteiger partial charge on any atom is -0.489 e. The van der Waals surface area contributed by atoms with Crippen molar-refractivity contribution in [1.82, 2.24) is 9.97 Å². The van der Waals surface area contributed by atoms with Crippen LogP contribution in [0.3, 0.4) is 0 Å². The van der Waals surface area contributed by atoms with Crippen LogP contribution in [0.25, 0.3) is 0 Å². The van der Waals surface area contributed by atoms with E-state index in [2.05, 4.69) is 43.8 Å². The van der Waals surface area contributed by atoms with Crippen molar-refractivity contribution in [3.63, 3.8) is 0 Å². The van der Waals surface area contributed by atoms with Crippen LogP contribution in [0.2, 0.25) is 5.02 Å². The lowest BCUT2D eigenvalue weighted by Crippen LogP contribution is -2.33. The molecule has 13 heteroatoms. The lowest BCUT2D eigenvalue weighted by molar-refractivity contribution is 0.0592. The van der Waals surface area contributed by atoms with Gasteiger partial charge in [-0.25, -0.2) is 19.6 Å². The van der Waals surface area contributed by atoms with Gasteiger partial charge < -0.3 is 39.8 Å². The number of carbonyl (C=O) groups excluding carboxylic acids is 2. The zero-order valence-electron chi connectivity index (χ0n) is 30.6. The summed E-state index contributed by atoms with van der Waals surface area (Å²) in [5, 5.41) is 10.9. The van der Waals surface area contributed by atoms with Crippen LogP contribution in [0.1, 0.15) is 63.3 Å². The molecule has 2 aliphatic heterocycles. The lowest BCUT2D eigenvalue weighted by atomic mass is 10.1. The van der Waals surface area contributed by atoms with Gasteiger partial charge in [-0.1, -0.05) is 48.0 Å². The number of methoxy groups -OCH3 is 2. The summed E-state index contributed by atoms with van der Waals surface area (Å²) >= 11 is 6.17. The fraction of sp³-hybridized carbons (Fsp3) is 0.268. The fourth-order valence-corrected chi connectivity index (χ4v) is 6.38. The summed E-state index contributed by atoms with van der Waals surface area (Å²) in [4.78, 5) is 34.4. The number of ether oxygens (including phenoxy) is 4. The van der Waals surface area contributed by atoms with Gasteiger partial charge in [0.1, 0.15) is 36.1 Å². The maximum atomic E-state index is 11.7. The van der Waals surface area contributed by atoms with Gasteiger partial charge in [-0.3, -0.25) is 0 Å². The van der Waals surface area contributed by atoms with Crippen molar-refractivity contribution >= 4 is 46.6 Å². The minimum absolute atomic E-state index is 0.0272. The molecule has 54 heavy (non-hydrogen) atoms. The van der Waals surface area contributed by atoms with Gasteiger partial charge in [0.25, 0.3) is 0 Å². The number of nitrogens with one attached hydrogen (secondary N) is 3. The Bertz CT molecular complexity index is 2060. The van der Waals surface area contributed by atoms with Gasteiger partial charge in [0.15, 0.2) is 11.6 Å². The largest absolute Gasteiger partial charge is 0.489 e. The topological polar surface area (TPSA) is 136 Å². The number of carbonyl (C=O) groups is 2. The molecule has 3 aromatic carbocycles. The molecule has 5 aromatic rings. The highest BCUT2D eigenvalue weighted by Crippen LogP contribution is 2.39. The number of fused-ring (bicyclic) bond motifs is 2. The standard InChI is InChI=1S/C24H24ClN3O3.C17H19N3O3/c1-16(18-6-8-19(9-7-18)24(29)30-2)27-23-22-21(10-11-26-23)31-13-12-28(22)15-17-4-3-5-20(25)14-17;1-11(12-3-5-13(6-4-12)17(21)22-2)20-16-15-14(7-8-19-16)23-10-9-18-15/h3-11,14,16H,12-13,15H2,1-2H3,(H,26,27);3-8,11,18H,9-10H2,1-2H3,(H,19,20)/t16-;11-/m00/s1. The summed E-state index contributed by atoms with van der Waals surface area (Å²) in [5.74, 6) is 2.44. The third kappa shape index (κ3) is 9.13. The summed E-state index contributed by atoms with van der Waals surface area (Å²) in [6.45, 7) is 7.58. The summed E-state index contributed by atoms with van der Waals surface area (Å²) < 4.78 is 21.0. The lowest BCUT2D eigenvalue weighted by Gasteiger charge is -2.33. The highest BCUT2D eigenvalue weighted by molar-refractivity contribution is 6.30. The Kier molecular flexibility index (Phi) is 12.4. The minimum atomic E-state index is -0.347. The number of benzene rings is 3. The Morgan fingerprint density at radius 1 is 0.796 bits per heavy atom. The Hall–Kier alpha value is -6.01. The van der Waals surface area contributed by atoms with E-state index >= 15 is 0 Å². The SMILES string of the molecule is COC(=O)c1ccc([C@H](C)Nc2nccc3c2N(Cc2cccc(Cl)c2)CCO3)cc1.COC(=O)c1ccc([C@H](C)Nc2nccc3c2NCCO3)cc1. The number of esters is 2. The van der Waals surface area contributed by atoms with Crippen LogP contribution in [0.4, 0.5) is 23.0 Å². The maximum Gasteiger partial charge on any atom is 0.337 e. The summed E-state index contributed by atoms with van der Waals surface area (Å²) in [6.07, 6.45) is 3.47. The molecule has 280 valence electrons. The van der Waals surface area contributed by atoms with E-state index in [1.54, 1.807) is 36.7 Å². The third-order valence-electron chi connectivity index (χ3n) is 9.03. The number of aromatic nitrogens is 2. The molecule has 0 saturated heterocycles. The number of pyridine rings is 2. The van der Waals surface area contributed by atoms with Gasteiger partial charge in [0.05, 0.1) is 44.0 Å². The van der Waals surface area contributed by atoms with Gasteiger partial charge in [-0.05, 0) is 66.9 Å². The third-order valence-corrected chi connectivity index (χ3v) is 9.26. The van der Waals surface area contributed by atoms with Crippen LogP contribution >= 0.6 is 11.6 Å². The second-order valence-corrected chi connectivity index (χ2v) is 13.1. The molecule has 0 radical (unpaired) electrons. The molecule has 3 N–H and O–H groups in total. The first-order chi connectivity index (χ1) is 26.2. The van der Waals surface area contributed by atoms with Crippen LogP contribution < -0.4 is 30.3 Å². The van der Waals surface area contributed by atoms with Gasteiger partial charge >= 0.3 is 11.9 Å². The van der Waals surface area contributed by atoms with Gasteiger partial charge in [-0.15, -0.1) is 0 Å². The number of hydrogen-bond acceptors (Lipinski definition) is 12. The van der Waals surface area contributed by atoms with Crippen LogP contribution in [0.5, 0.6) is 11.5 Å². The molecule has 0 saturated carbocycles. The normalized spacial score (nSPS) is 13.8. The van der Waals surface area contributed by atoms with Crippen LogP contribution in [0, 0.1) is 0 Å².